The van der Waals surface area contributed by atoms with E-state index >= 15 is 0 Å². The normalized spacial score (nSPS) is 45.3. The Kier molecular flexibility index (Phi) is 8.40. The molecule has 268 valence electrons. The van der Waals surface area contributed by atoms with Crippen LogP contribution in [0.4, 0.5) is 0 Å². The average Bonchev–Trinajstić information content (AvgIpc) is 3.61. The van der Waals surface area contributed by atoms with Gasteiger partial charge in [-0.25, -0.2) is 0 Å². The summed E-state index contributed by atoms with van der Waals surface area (Å²) in [5.74, 6) is 4.11. The van der Waals surface area contributed by atoms with Gasteiger partial charge in [0.25, 0.3) is 6.47 Å². The third-order valence-corrected chi connectivity index (χ3v) is 17.0. The molecule has 2 heterocycles. The molecule has 2 bridgehead atoms. The number of nitrogens with zero attached hydrogens (tertiary/aromatic N) is 1. The van der Waals surface area contributed by atoms with Crippen LogP contribution < -0.4 is 10.1 Å². The highest BCUT2D eigenvalue weighted by Gasteiger charge is 2.70. The number of allylic oxidation sites excluding steroid dienone is 3. The highest BCUT2D eigenvalue weighted by atomic mass is 16.5. The number of ether oxygens (including phenoxy) is 2. The first kappa shape index (κ1) is 34.2. The van der Waals surface area contributed by atoms with Gasteiger partial charge in [-0.3, -0.25) is 9.69 Å². The summed E-state index contributed by atoms with van der Waals surface area (Å²) < 4.78 is 11.3. The highest BCUT2D eigenvalue weighted by Crippen LogP contribution is 2.76. The molecule has 1 N–H and O–H groups in total. The van der Waals surface area contributed by atoms with Crippen LogP contribution in [0.1, 0.15) is 118 Å². The molecule has 4 saturated carbocycles. The quantitative estimate of drug-likeness (QED) is 0.221. The zero-order chi connectivity index (χ0) is 34.4. The molecule has 0 spiro atoms. The molecule has 0 amide bonds. The number of morpholine rings is 1. The van der Waals surface area contributed by atoms with E-state index in [0.717, 1.165) is 44.4 Å². The van der Waals surface area contributed by atoms with Crippen LogP contribution in [0.25, 0.3) is 5.57 Å². The first-order chi connectivity index (χ1) is 23.3. The lowest BCUT2D eigenvalue weighted by molar-refractivity contribution is -0.219. The Morgan fingerprint density at radius 1 is 0.918 bits per heavy atom. The number of fused-ring (bicyclic) bond motifs is 9. The van der Waals surface area contributed by atoms with Crippen LogP contribution in [0.5, 0.6) is 5.75 Å². The van der Waals surface area contributed by atoms with Gasteiger partial charge in [-0.15, -0.1) is 0 Å². The molecule has 0 radical (unpaired) electrons. The van der Waals surface area contributed by atoms with Gasteiger partial charge < -0.3 is 14.8 Å². The third-order valence-electron chi connectivity index (χ3n) is 17.0. The van der Waals surface area contributed by atoms with E-state index in [0.29, 0.717) is 58.4 Å². The summed E-state index contributed by atoms with van der Waals surface area (Å²) in [5.41, 5.74) is 5.52. The van der Waals surface area contributed by atoms with Crippen LogP contribution >= 0.6 is 0 Å². The van der Waals surface area contributed by atoms with Crippen molar-refractivity contribution in [2.45, 2.75) is 130 Å². The van der Waals surface area contributed by atoms with E-state index in [1.54, 1.807) is 0 Å². The molecule has 2 aliphatic heterocycles. The van der Waals surface area contributed by atoms with E-state index in [1.807, 2.05) is 12.1 Å². The Labute approximate surface area is 297 Å². The molecule has 5 heteroatoms. The molecule has 0 aromatic heterocycles. The molecule has 49 heavy (non-hydrogen) atoms. The zero-order valence-corrected chi connectivity index (χ0v) is 31.5. The van der Waals surface area contributed by atoms with Crippen LogP contribution in [-0.2, 0) is 9.53 Å². The molecule has 6 fully saturated rings. The third kappa shape index (κ3) is 5.12. The number of hydrogen-bond acceptors (Lipinski definition) is 5. The Bertz CT molecular complexity index is 1470. The van der Waals surface area contributed by atoms with Gasteiger partial charge in [-0.1, -0.05) is 65.0 Å². The van der Waals surface area contributed by atoms with Gasteiger partial charge in [-0.05, 0) is 152 Å². The average molecular weight is 669 g/mol. The van der Waals surface area contributed by atoms with Crippen molar-refractivity contribution in [3.05, 3.63) is 48.1 Å². The summed E-state index contributed by atoms with van der Waals surface area (Å²) in [7, 11) is 0. The summed E-state index contributed by atoms with van der Waals surface area (Å²) in [6.07, 6.45) is 17.9. The van der Waals surface area contributed by atoms with Crippen molar-refractivity contribution in [2.75, 3.05) is 26.2 Å². The first-order valence-corrected chi connectivity index (χ1v) is 20.0. The van der Waals surface area contributed by atoms with Crippen LogP contribution in [0.3, 0.4) is 0 Å². The Balaban J connectivity index is 1.05. The number of rotatable bonds is 8. The van der Waals surface area contributed by atoms with Crippen molar-refractivity contribution in [1.82, 2.24) is 10.2 Å². The van der Waals surface area contributed by atoms with Gasteiger partial charge in [0, 0.05) is 31.7 Å². The smallest absolute Gasteiger partial charge is 0.298 e. The van der Waals surface area contributed by atoms with Crippen LogP contribution in [0, 0.1) is 51.2 Å². The lowest BCUT2D eigenvalue weighted by Gasteiger charge is -2.72. The predicted octanol–water partition coefficient (Wildman–Crippen LogP) is 9.08. The molecule has 7 aliphatic rings. The van der Waals surface area contributed by atoms with Crippen LogP contribution in [-0.4, -0.2) is 55.3 Å². The second-order valence-corrected chi connectivity index (χ2v) is 19.3. The highest BCUT2D eigenvalue weighted by molar-refractivity contribution is 5.72. The number of nitrogens with one attached hydrogen (secondary N) is 1. The Morgan fingerprint density at radius 2 is 1.65 bits per heavy atom. The van der Waals surface area contributed by atoms with E-state index in [4.69, 9.17) is 9.47 Å². The maximum atomic E-state index is 10.9. The summed E-state index contributed by atoms with van der Waals surface area (Å²) in [5, 5.41) is 4.35. The monoisotopic (exact) mass is 668 g/mol. The van der Waals surface area contributed by atoms with E-state index in [-0.39, 0.29) is 11.0 Å². The maximum Gasteiger partial charge on any atom is 0.298 e. The minimum atomic E-state index is 0.0846. The van der Waals surface area contributed by atoms with E-state index in [2.05, 4.69) is 76.5 Å². The van der Waals surface area contributed by atoms with Crippen molar-refractivity contribution in [3.63, 3.8) is 0 Å². The molecular weight excluding hydrogens is 604 g/mol. The second kappa shape index (κ2) is 12.1. The van der Waals surface area contributed by atoms with Crippen molar-refractivity contribution < 1.29 is 14.3 Å². The number of carbonyl (C=O) groups excluding carboxylic acids is 1. The topological polar surface area (TPSA) is 50.8 Å². The molecule has 11 atom stereocenters. The number of likely N-dealkylation sites (tertiary alicyclic amines) is 1. The minimum Gasteiger partial charge on any atom is -0.429 e. The lowest BCUT2D eigenvalue weighted by atomic mass is 9.33. The standard InChI is InChI=1S/C44H64N2O3/c1-29(2)34-16-21-44(45-24-25-46-26-32-12-13-33(27-46)49-32)23-22-42(6)36(39(34)44)14-15-38-41(5)19-17-35(30-8-10-31(11-9-30)48-28-47)40(3,4)37(41)18-20-43(38,42)7/h8-11,17,28,32-34,36-39,45H,1,12-16,18-27H2,2-7H3/t32?,33?,34-,36+,37-,38+,39+,41-,42+,43+,44-/m0/s1. The van der Waals surface area contributed by atoms with E-state index in [9.17, 15) is 4.79 Å². The number of benzene rings is 1. The van der Waals surface area contributed by atoms with Crippen molar-refractivity contribution in [3.8, 4) is 5.75 Å². The fourth-order valence-corrected chi connectivity index (χ4v) is 14.7. The molecule has 5 nitrogen and oxygen atoms in total. The molecule has 2 unspecified atom stereocenters. The molecule has 1 aromatic carbocycles. The summed E-state index contributed by atoms with van der Waals surface area (Å²) in [6, 6.07) is 8.20. The van der Waals surface area contributed by atoms with Crippen molar-refractivity contribution in [1.29, 1.82) is 0 Å². The van der Waals surface area contributed by atoms with Gasteiger partial charge in [0.15, 0.2) is 0 Å². The molecule has 8 rings (SSSR count). The van der Waals surface area contributed by atoms with Crippen molar-refractivity contribution >= 4 is 12.0 Å². The SMILES string of the molecule is C=C(C)[C@@H]1CC[C@]2(NCCN3CC4CCC(C3)O4)CC[C@]3(C)[C@H](CC[C@@H]4[C@@]5(C)CC=C(c6ccc(OC=O)cc6)C(C)(C)[C@@H]5CC[C@]43C)[C@@H]12. The largest absolute Gasteiger partial charge is 0.429 e. The minimum absolute atomic E-state index is 0.0846. The number of carbonyl (C=O) groups is 1. The van der Waals surface area contributed by atoms with E-state index in [1.165, 1.54) is 80.9 Å². The lowest BCUT2D eigenvalue weighted by Crippen LogP contribution is -2.68. The fourth-order valence-electron chi connectivity index (χ4n) is 14.7. The summed E-state index contributed by atoms with van der Waals surface area (Å²) >= 11 is 0. The Hall–Kier alpha value is -1.95. The van der Waals surface area contributed by atoms with Crippen LogP contribution in [0.2, 0.25) is 0 Å². The molecule has 1 aromatic rings. The van der Waals surface area contributed by atoms with Crippen LogP contribution in [0.15, 0.2) is 42.5 Å². The molecular formula is C44H64N2O3. The number of hydrogen-bond donors (Lipinski definition) is 1. The van der Waals surface area contributed by atoms with Gasteiger partial charge in [-0.2, -0.15) is 0 Å². The van der Waals surface area contributed by atoms with Crippen molar-refractivity contribution in [2.24, 2.45) is 51.2 Å². The van der Waals surface area contributed by atoms with E-state index < -0.39 is 0 Å². The fraction of sp³-hybridized carbons (Fsp3) is 0.750. The summed E-state index contributed by atoms with van der Waals surface area (Å²) in [6.45, 7) is 25.3. The first-order valence-electron chi connectivity index (χ1n) is 20.0. The van der Waals surface area contributed by atoms with Gasteiger partial charge in [0.2, 0.25) is 0 Å². The van der Waals surface area contributed by atoms with Gasteiger partial charge >= 0.3 is 0 Å². The van der Waals surface area contributed by atoms with Gasteiger partial charge in [0.1, 0.15) is 5.75 Å². The predicted molar refractivity (Wildman–Crippen MR) is 198 cm³/mol. The zero-order valence-electron chi connectivity index (χ0n) is 31.5. The van der Waals surface area contributed by atoms with Gasteiger partial charge in [0.05, 0.1) is 12.2 Å². The second-order valence-electron chi connectivity index (χ2n) is 19.3. The summed E-state index contributed by atoms with van der Waals surface area (Å²) in [4.78, 5) is 13.6. The molecule has 2 saturated heterocycles. The molecule has 5 aliphatic carbocycles. The Morgan fingerprint density at radius 3 is 2.35 bits per heavy atom. The maximum absolute atomic E-state index is 10.9.